The fraction of sp³-hybridized carbons (Fsp3) is 0.231. The third-order valence-corrected chi connectivity index (χ3v) is 3.27. The normalized spacial score (nSPS) is 14.7. The zero-order chi connectivity index (χ0) is 12.7. The van der Waals surface area contributed by atoms with Crippen molar-refractivity contribution in [2.24, 2.45) is 0 Å². The van der Waals surface area contributed by atoms with Gasteiger partial charge >= 0.3 is 5.97 Å². The summed E-state index contributed by atoms with van der Waals surface area (Å²) in [6.45, 7) is 0. The van der Waals surface area contributed by atoms with Crippen LogP contribution in [0.2, 0.25) is 5.02 Å². The highest BCUT2D eigenvalue weighted by Crippen LogP contribution is 2.32. The number of pyridine rings is 1. The number of hydrogen-bond donors (Lipinski definition) is 2. The number of carboxylic acids is 1. The number of benzene rings is 1. The molecule has 1 saturated carbocycles. The van der Waals surface area contributed by atoms with Gasteiger partial charge in [-0.2, -0.15) is 0 Å². The molecule has 2 aromatic rings. The molecule has 0 saturated heterocycles. The average Bonchev–Trinajstić information content (AvgIpc) is 3.13. The molecule has 0 spiro atoms. The molecule has 5 heteroatoms. The molecule has 0 aliphatic heterocycles. The molecule has 0 unspecified atom stereocenters. The van der Waals surface area contributed by atoms with Gasteiger partial charge in [0.1, 0.15) is 0 Å². The van der Waals surface area contributed by atoms with E-state index in [9.17, 15) is 4.79 Å². The summed E-state index contributed by atoms with van der Waals surface area (Å²) in [5.74, 6) is -0.985. The van der Waals surface area contributed by atoms with Crippen LogP contribution < -0.4 is 5.32 Å². The molecule has 1 aromatic heterocycles. The van der Waals surface area contributed by atoms with Crippen molar-refractivity contribution < 1.29 is 11.3 Å². The molecule has 94 valence electrons. The van der Waals surface area contributed by atoms with Crippen LogP contribution in [0.3, 0.4) is 0 Å². The van der Waals surface area contributed by atoms with E-state index in [2.05, 4.69) is 10.3 Å². The summed E-state index contributed by atoms with van der Waals surface area (Å²) in [4.78, 5) is 15.0. The lowest BCUT2D eigenvalue weighted by atomic mass is 10.1. The standard InChI is InChI=1S/C13H11ClN2O2.H2/c14-10-4-7-3-8(13(17)18)6-15-11(7)5-12(10)16-9-1-2-9;/h3-6,9,16H,1-2H2,(H,17,18);1H. The quantitative estimate of drug-likeness (QED) is 0.892. The predicted molar refractivity (Wildman–Crippen MR) is 72.5 cm³/mol. The van der Waals surface area contributed by atoms with E-state index in [1.54, 1.807) is 12.1 Å². The fourth-order valence-electron chi connectivity index (χ4n) is 1.82. The molecular weight excluding hydrogens is 252 g/mol. The highest BCUT2D eigenvalue weighted by molar-refractivity contribution is 6.34. The van der Waals surface area contributed by atoms with Gasteiger partial charge in [-0.05, 0) is 31.0 Å². The SMILES string of the molecule is O=C(O)c1cnc2cc(NC3CC3)c(Cl)cc2c1.[HH]. The summed E-state index contributed by atoms with van der Waals surface area (Å²) in [5.41, 5.74) is 1.77. The van der Waals surface area contributed by atoms with E-state index in [1.807, 2.05) is 6.07 Å². The fourth-order valence-corrected chi connectivity index (χ4v) is 2.05. The minimum atomic E-state index is -0.985. The largest absolute Gasteiger partial charge is 0.478 e. The lowest BCUT2D eigenvalue weighted by molar-refractivity contribution is 0.0696. The van der Waals surface area contributed by atoms with Crippen molar-refractivity contribution >= 4 is 34.2 Å². The van der Waals surface area contributed by atoms with Gasteiger partial charge in [0, 0.05) is 19.1 Å². The van der Waals surface area contributed by atoms with E-state index in [-0.39, 0.29) is 6.99 Å². The Morgan fingerprint density at radius 1 is 1.44 bits per heavy atom. The molecule has 1 aromatic carbocycles. The Morgan fingerprint density at radius 2 is 2.22 bits per heavy atom. The summed E-state index contributed by atoms with van der Waals surface area (Å²) in [7, 11) is 0. The van der Waals surface area contributed by atoms with Crippen molar-refractivity contribution in [2.75, 3.05) is 5.32 Å². The number of carbonyl (C=O) groups is 1. The zero-order valence-electron chi connectivity index (χ0n) is 9.48. The van der Waals surface area contributed by atoms with Gasteiger partial charge in [0.15, 0.2) is 0 Å². The lowest BCUT2D eigenvalue weighted by Crippen LogP contribution is -2.02. The van der Waals surface area contributed by atoms with Gasteiger partial charge in [0.05, 0.1) is 21.8 Å². The summed E-state index contributed by atoms with van der Waals surface area (Å²) < 4.78 is 0. The van der Waals surface area contributed by atoms with E-state index in [4.69, 9.17) is 16.7 Å². The van der Waals surface area contributed by atoms with Crippen molar-refractivity contribution in [3.63, 3.8) is 0 Å². The van der Waals surface area contributed by atoms with Crippen LogP contribution >= 0.6 is 11.6 Å². The number of nitrogens with zero attached hydrogens (tertiary/aromatic N) is 1. The second-order valence-electron chi connectivity index (χ2n) is 4.47. The maximum Gasteiger partial charge on any atom is 0.337 e. The second kappa shape index (κ2) is 4.14. The van der Waals surface area contributed by atoms with Crippen molar-refractivity contribution in [1.29, 1.82) is 0 Å². The molecular formula is C13H13ClN2O2. The van der Waals surface area contributed by atoms with Crippen LogP contribution in [0, 0.1) is 0 Å². The van der Waals surface area contributed by atoms with Gasteiger partial charge in [-0.3, -0.25) is 4.98 Å². The third kappa shape index (κ3) is 2.11. The molecule has 3 rings (SSSR count). The van der Waals surface area contributed by atoms with Gasteiger partial charge < -0.3 is 10.4 Å². The summed E-state index contributed by atoms with van der Waals surface area (Å²) >= 11 is 6.17. The Kier molecular flexibility index (Phi) is 2.59. The number of nitrogens with one attached hydrogen (secondary N) is 1. The van der Waals surface area contributed by atoms with Gasteiger partial charge in [-0.25, -0.2) is 4.79 Å². The molecule has 0 bridgehead atoms. The lowest BCUT2D eigenvalue weighted by Gasteiger charge is -2.08. The van der Waals surface area contributed by atoms with Gasteiger partial charge in [-0.1, -0.05) is 11.6 Å². The van der Waals surface area contributed by atoms with E-state index >= 15 is 0 Å². The van der Waals surface area contributed by atoms with E-state index in [1.165, 1.54) is 19.0 Å². The van der Waals surface area contributed by atoms with Crippen LogP contribution in [0.1, 0.15) is 24.6 Å². The number of aromatic carboxylic acids is 1. The first-order valence-corrected chi connectivity index (χ1v) is 6.10. The van der Waals surface area contributed by atoms with Gasteiger partial charge in [0.2, 0.25) is 0 Å². The number of aromatic nitrogens is 1. The number of fused-ring (bicyclic) bond motifs is 1. The first kappa shape index (κ1) is 11.3. The number of carboxylic acid groups (broad SMARTS) is 1. The maximum absolute atomic E-state index is 10.9. The molecule has 1 heterocycles. The smallest absolute Gasteiger partial charge is 0.337 e. The summed E-state index contributed by atoms with van der Waals surface area (Å²) in [6.07, 6.45) is 3.69. The minimum absolute atomic E-state index is 0. The Balaban J connectivity index is 0.00000133. The number of halogens is 1. The first-order chi connectivity index (χ1) is 8.63. The van der Waals surface area contributed by atoms with Gasteiger partial charge in [-0.15, -0.1) is 0 Å². The Bertz CT molecular complexity index is 644. The van der Waals surface area contributed by atoms with Gasteiger partial charge in [0.25, 0.3) is 0 Å². The molecule has 0 atom stereocenters. The molecule has 0 radical (unpaired) electrons. The molecule has 1 aliphatic carbocycles. The van der Waals surface area contributed by atoms with Crippen LogP contribution in [0.5, 0.6) is 0 Å². The second-order valence-corrected chi connectivity index (χ2v) is 4.88. The van der Waals surface area contributed by atoms with Crippen molar-refractivity contribution in [1.82, 2.24) is 4.98 Å². The number of hydrogen-bond acceptors (Lipinski definition) is 3. The minimum Gasteiger partial charge on any atom is -0.478 e. The average molecular weight is 265 g/mol. The number of rotatable bonds is 3. The molecule has 1 fully saturated rings. The van der Waals surface area contributed by atoms with E-state index in [0.29, 0.717) is 11.1 Å². The predicted octanol–water partition coefficient (Wildman–Crippen LogP) is 3.41. The molecule has 0 amide bonds. The number of anilines is 1. The summed E-state index contributed by atoms with van der Waals surface area (Å²) in [6, 6.07) is 5.71. The van der Waals surface area contributed by atoms with E-state index < -0.39 is 5.97 Å². The maximum atomic E-state index is 10.9. The highest BCUT2D eigenvalue weighted by atomic mass is 35.5. The van der Waals surface area contributed by atoms with Crippen molar-refractivity contribution in [2.45, 2.75) is 18.9 Å². The zero-order valence-corrected chi connectivity index (χ0v) is 10.2. The first-order valence-electron chi connectivity index (χ1n) is 5.72. The Hall–Kier alpha value is -1.81. The summed E-state index contributed by atoms with van der Waals surface area (Å²) in [5, 5.41) is 13.6. The van der Waals surface area contributed by atoms with Crippen LogP contribution in [-0.2, 0) is 0 Å². The van der Waals surface area contributed by atoms with Crippen LogP contribution in [0.4, 0.5) is 5.69 Å². The third-order valence-electron chi connectivity index (χ3n) is 2.95. The van der Waals surface area contributed by atoms with Crippen molar-refractivity contribution in [3.8, 4) is 0 Å². The Morgan fingerprint density at radius 3 is 2.89 bits per heavy atom. The topological polar surface area (TPSA) is 62.2 Å². The van der Waals surface area contributed by atoms with Crippen LogP contribution in [0.25, 0.3) is 10.9 Å². The highest BCUT2D eigenvalue weighted by Gasteiger charge is 2.22. The molecule has 2 N–H and O–H groups in total. The molecule has 4 nitrogen and oxygen atoms in total. The van der Waals surface area contributed by atoms with E-state index in [0.717, 1.165) is 16.6 Å². The monoisotopic (exact) mass is 264 g/mol. The molecule has 18 heavy (non-hydrogen) atoms. The van der Waals surface area contributed by atoms with Crippen molar-refractivity contribution in [3.05, 3.63) is 35.0 Å². The molecule has 1 aliphatic rings. The van der Waals surface area contributed by atoms with Crippen LogP contribution in [0.15, 0.2) is 24.4 Å². The van der Waals surface area contributed by atoms with Crippen LogP contribution in [-0.4, -0.2) is 22.1 Å². The Labute approximate surface area is 110 Å².